The standard InChI is InChI=1S/C15H13N3O2S3/c1-11-3-2-4-14(9-11)23(19,20)18-12-5-7-13(8-6-12)22-15-17-16-10-21-15/h2-10,18H,1H3. The molecule has 8 heteroatoms. The van der Waals surface area contributed by atoms with Gasteiger partial charge >= 0.3 is 0 Å². The van der Waals surface area contributed by atoms with Gasteiger partial charge < -0.3 is 0 Å². The van der Waals surface area contributed by atoms with Crippen molar-refractivity contribution in [2.75, 3.05) is 4.72 Å². The summed E-state index contributed by atoms with van der Waals surface area (Å²) in [6.07, 6.45) is 0. The second-order valence-corrected chi connectivity index (χ2v) is 8.59. The normalized spacial score (nSPS) is 11.3. The van der Waals surface area contributed by atoms with Gasteiger partial charge in [-0.3, -0.25) is 4.72 Å². The molecule has 1 N–H and O–H groups in total. The maximum absolute atomic E-state index is 12.4. The molecule has 5 nitrogen and oxygen atoms in total. The summed E-state index contributed by atoms with van der Waals surface area (Å²) in [5.41, 5.74) is 3.09. The van der Waals surface area contributed by atoms with Gasteiger partial charge in [0.2, 0.25) is 0 Å². The Bertz CT molecular complexity index is 892. The molecule has 1 aromatic heterocycles. The van der Waals surface area contributed by atoms with E-state index >= 15 is 0 Å². The van der Waals surface area contributed by atoms with Gasteiger partial charge in [-0.15, -0.1) is 10.2 Å². The summed E-state index contributed by atoms with van der Waals surface area (Å²) in [5, 5.41) is 7.74. The first kappa shape index (κ1) is 16.0. The van der Waals surface area contributed by atoms with Crippen LogP contribution in [-0.4, -0.2) is 18.6 Å². The third kappa shape index (κ3) is 4.10. The van der Waals surface area contributed by atoms with Crippen molar-refractivity contribution in [2.24, 2.45) is 0 Å². The fraction of sp³-hybridized carbons (Fsp3) is 0.0667. The second kappa shape index (κ2) is 6.69. The fourth-order valence-electron chi connectivity index (χ4n) is 1.90. The number of hydrogen-bond donors (Lipinski definition) is 1. The molecule has 0 radical (unpaired) electrons. The smallest absolute Gasteiger partial charge is 0.261 e. The van der Waals surface area contributed by atoms with E-state index < -0.39 is 10.0 Å². The van der Waals surface area contributed by atoms with Crippen molar-refractivity contribution in [3.8, 4) is 0 Å². The Hall–Kier alpha value is -1.90. The number of sulfonamides is 1. The van der Waals surface area contributed by atoms with E-state index in [1.165, 1.54) is 23.1 Å². The third-order valence-corrected chi connectivity index (χ3v) is 6.12. The van der Waals surface area contributed by atoms with E-state index in [-0.39, 0.29) is 4.90 Å². The van der Waals surface area contributed by atoms with Crippen molar-refractivity contribution in [3.63, 3.8) is 0 Å². The van der Waals surface area contributed by atoms with E-state index in [0.29, 0.717) is 5.69 Å². The lowest BCUT2D eigenvalue weighted by Crippen LogP contribution is -2.12. The Labute approximate surface area is 142 Å². The summed E-state index contributed by atoms with van der Waals surface area (Å²) in [6.45, 7) is 1.86. The van der Waals surface area contributed by atoms with E-state index in [1.54, 1.807) is 35.8 Å². The fourth-order valence-corrected chi connectivity index (χ4v) is 4.51. The zero-order chi connectivity index (χ0) is 16.3. The molecule has 1 heterocycles. The van der Waals surface area contributed by atoms with E-state index in [1.807, 2.05) is 25.1 Å². The average molecular weight is 363 g/mol. The number of hydrogen-bond acceptors (Lipinski definition) is 6. The maximum atomic E-state index is 12.4. The highest BCUT2D eigenvalue weighted by Crippen LogP contribution is 2.29. The van der Waals surface area contributed by atoms with Crippen LogP contribution in [0.15, 0.2) is 68.2 Å². The Balaban J connectivity index is 1.75. The number of rotatable bonds is 5. The van der Waals surface area contributed by atoms with E-state index in [4.69, 9.17) is 0 Å². The van der Waals surface area contributed by atoms with Crippen LogP contribution in [0.4, 0.5) is 5.69 Å². The highest BCUT2D eigenvalue weighted by atomic mass is 32.2. The van der Waals surface area contributed by atoms with Gasteiger partial charge in [0, 0.05) is 10.6 Å². The molecule has 0 atom stereocenters. The molecule has 3 aromatic rings. The zero-order valence-electron chi connectivity index (χ0n) is 12.1. The van der Waals surface area contributed by atoms with Crippen LogP contribution in [0.1, 0.15) is 5.56 Å². The Morgan fingerprint density at radius 3 is 2.57 bits per heavy atom. The van der Waals surface area contributed by atoms with E-state index in [0.717, 1.165) is 14.8 Å². The van der Waals surface area contributed by atoms with Crippen molar-refractivity contribution in [2.45, 2.75) is 21.1 Å². The van der Waals surface area contributed by atoms with Gasteiger partial charge in [0.1, 0.15) is 5.51 Å². The second-order valence-electron chi connectivity index (χ2n) is 4.75. The maximum Gasteiger partial charge on any atom is 0.261 e. The summed E-state index contributed by atoms with van der Waals surface area (Å²) < 4.78 is 28.2. The van der Waals surface area contributed by atoms with Crippen molar-refractivity contribution < 1.29 is 8.42 Å². The van der Waals surface area contributed by atoms with Crippen LogP contribution < -0.4 is 4.72 Å². The van der Waals surface area contributed by atoms with Crippen molar-refractivity contribution in [1.29, 1.82) is 0 Å². The quantitative estimate of drug-likeness (QED) is 0.746. The van der Waals surface area contributed by atoms with Crippen LogP contribution in [0.2, 0.25) is 0 Å². The topological polar surface area (TPSA) is 72.0 Å². The predicted octanol–water partition coefficient (Wildman–Crippen LogP) is 3.80. The first-order chi connectivity index (χ1) is 11.0. The van der Waals surface area contributed by atoms with Gasteiger partial charge in [-0.2, -0.15) is 0 Å². The molecule has 0 saturated carbocycles. The molecule has 2 aromatic carbocycles. The molecule has 0 bridgehead atoms. The highest BCUT2D eigenvalue weighted by molar-refractivity contribution is 8.01. The minimum atomic E-state index is -3.58. The molecule has 0 spiro atoms. The third-order valence-electron chi connectivity index (χ3n) is 2.95. The predicted molar refractivity (Wildman–Crippen MR) is 92.5 cm³/mol. The lowest BCUT2D eigenvalue weighted by atomic mass is 10.2. The zero-order valence-corrected chi connectivity index (χ0v) is 14.6. The molecule has 0 aliphatic heterocycles. The lowest BCUT2D eigenvalue weighted by Gasteiger charge is -2.09. The van der Waals surface area contributed by atoms with Gasteiger partial charge in [-0.05, 0) is 48.9 Å². The molecule has 0 unspecified atom stereocenters. The number of aryl methyl sites for hydroxylation is 1. The molecule has 0 aliphatic carbocycles. The average Bonchev–Trinajstić information content (AvgIpc) is 3.02. The molecule has 3 rings (SSSR count). The van der Waals surface area contributed by atoms with Crippen molar-refractivity contribution in [3.05, 3.63) is 59.6 Å². The molecule has 0 saturated heterocycles. The number of nitrogens with zero attached hydrogens (tertiary/aromatic N) is 2. The molecule has 0 amide bonds. The minimum absolute atomic E-state index is 0.254. The Kier molecular flexibility index (Phi) is 4.65. The molecule has 118 valence electrons. The van der Waals surface area contributed by atoms with Gasteiger partial charge in [0.15, 0.2) is 4.34 Å². The molecule has 23 heavy (non-hydrogen) atoms. The monoisotopic (exact) mass is 363 g/mol. The Morgan fingerprint density at radius 2 is 1.91 bits per heavy atom. The van der Waals surface area contributed by atoms with Crippen molar-refractivity contribution >= 4 is 38.8 Å². The van der Waals surface area contributed by atoms with Crippen LogP contribution in [0.3, 0.4) is 0 Å². The summed E-state index contributed by atoms with van der Waals surface area (Å²) in [4.78, 5) is 1.23. The summed E-state index contributed by atoms with van der Waals surface area (Å²) >= 11 is 2.95. The molecule has 0 fully saturated rings. The molecular formula is C15H13N3O2S3. The highest BCUT2D eigenvalue weighted by Gasteiger charge is 2.14. The number of anilines is 1. The van der Waals surface area contributed by atoms with Crippen LogP contribution in [-0.2, 0) is 10.0 Å². The SMILES string of the molecule is Cc1cccc(S(=O)(=O)Nc2ccc(Sc3nncs3)cc2)c1. The number of aromatic nitrogens is 2. The summed E-state index contributed by atoms with van der Waals surface area (Å²) in [6, 6.07) is 14.0. The van der Waals surface area contributed by atoms with Gasteiger partial charge in [-0.25, -0.2) is 8.42 Å². The largest absolute Gasteiger partial charge is 0.280 e. The minimum Gasteiger partial charge on any atom is -0.280 e. The Morgan fingerprint density at radius 1 is 1.13 bits per heavy atom. The van der Waals surface area contributed by atoms with Gasteiger partial charge in [0.05, 0.1) is 4.90 Å². The first-order valence-corrected chi connectivity index (χ1v) is 9.84. The van der Waals surface area contributed by atoms with E-state index in [2.05, 4.69) is 14.9 Å². The van der Waals surface area contributed by atoms with Crippen molar-refractivity contribution in [1.82, 2.24) is 10.2 Å². The lowest BCUT2D eigenvalue weighted by molar-refractivity contribution is 0.601. The van der Waals surface area contributed by atoms with Crippen LogP contribution in [0.5, 0.6) is 0 Å². The summed E-state index contributed by atoms with van der Waals surface area (Å²) in [5.74, 6) is 0. The van der Waals surface area contributed by atoms with Gasteiger partial charge in [0.25, 0.3) is 10.0 Å². The van der Waals surface area contributed by atoms with Crippen LogP contribution >= 0.6 is 23.1 Å². The number of nitrogens with one attached hydrogen (secondary N) is 1. The van der Waals surface area contributed by atoms with Crippen LogP contribution in [0.25, 0.3) is 0 Å². The molecular weight excluding hydrogens is 350 g/mol. The van der Waals surface area contributed by atoms with Crippen LogP contribution in [0, 0.1) is 6.92 Å². The molecule has 0 aliphatic rings. The van der Waals surface area contributed by atoms with Gasteiger partial charge in [-0.1, -0.05) is 35.2 Å². The summed E-state index contributed by atoms with van der Waals surface area (Å²) in [7, 11) is -3.58. The number of benzene rings is 2. The van der Waals surface area contributed by atoms with E-state index in [9.17, 15) is 8.42 Å². The first-order valence-electron chi connectivity index (χ1n) is 6.66.